The maximum absolute atomic E-state index is 14.1. The summed E-state index contributed by atoms with van der Waals surface area (Å²) in [6, 6.07) is 15.3. The minimum atomic E-state index is -0.661. The van der Waals surface area contributed by atoms with Crippen molar-refractivity contribution in [3.8, 4) is 11.4 Å². The van der Waals surface area contributed by atoms with Crippen LogP contribution in [0.15, 0.2) is 71.8 Å². The maximum atomic E-state index is 14.1. The third-order valence-corrected chi connectivity index (χ3v) is 4.67. The molecule has 26 heavy (non-hydrogen) atoms. The summed E-state index contributed by atoms with van der Waals surface area (Å²) in [6.45, 7) is 0. The van der Waals surface area contributed by atoms with Crippen molar-refractivity contribution in [1.82, 2.24) is 14.1 Å². The molecule has 2 heterocycles. The van der Waals surface area contributed by atoms with Gasteiger partial charge in [-0.1, -0.05) is 29.8 Å². The van der Waals surface area contributed by atoms with E-state index >= 15 is 0 Å². The molecule has 4 rings (SSSR count). The SMILES string of the molecule is O=c1c2cc(F)c(Cl)cc2n(-c2ccccc2)c(=S)n1-c1cccnc1. The monoisotopic (exact) mass is 383 g/mol. The molecular formula is C19H11ClFN3OS. The summed E-state index contributed by atoms with van der Waals surface area (Å²) in [5.41, 5.74) is 1.26. The van der Waals surface area contributed by atoms with E-state index in [1.807, 2.05) is 30.3 Å². The van der Waals surface area contributed by atoms with Crippen molar-refractivity contribution < 1.29 is 4.39 Å². The van der Waals surface area contributed by atoms with E-state index in [0.29, 0.717) is 11.2 Å². The number of rotatable bonds is 2. The average Bonchev–Trinajstić information content (AvgIpc) is 2.66. The Bertz CT molecular complexity index is 1240. The maximum Gasteiger partial charge on any atom is 0.266 e. The molecule has 0 spiro atoms. The Balaban J connectivity index is 2.24. The standard InChI is InChI=1S/C19H11ClFN3OS/c20-15-10-17-14(9-16(15)21)18(25)24(13-7-4-8-22-11-13)19(26)23(17)12-5-2-1-3-6-12/h1-11H. The van der Waals surface area contributed by atoms with Crippen LogP contribution >= 0.6 is 23.8 Å². The lowest BCUT2D eigenvalue weighted by Gasteiger charge is -2.16. The molecule has 0 aliphatic rings. The second-order valence-corrected chi connectivity index (χ2v) is 6.36. The van der Waals surface area contributed by atoms with E-state index < -0.39 is 11.4 Å². The first-order valence-electron chi connectivity index (χ1n) is 7.70. The van der Waals surface area contributed by atoms with Crippen molar-refractivity contribution in [2.75, 3.05) is 0 Å². The minimum Gasteiger partial charge on any atom is -0.286 e. The predicted molar refractivity (Wildman–Crippen MR) is 102 cm³/mol. The number of para-hydroxylation sites is 1. The highest BCUT2D eigenvalue weighted by molar-refractivity contribution is 7.71. The van der Waals surface area contributed by atoms with Gasteiger partial charge in [0.2, 0.25) is 0 Å². The fourth-order valence-electron chi connectivity index (χ4n) is 2.84. The zero-order chi connectivity index (χ0) is 18.3. The van der Waals surface area contributed by atoms with E-state index in [1.54, 1.807) is 22.9 Å². The molecule has 0 bridgehead atoms. The van der Waals surface area contributed by atoms with E-state index in [1.165, 1.54) is 16.8 Å². The molecule has 0 unspecified atom stereocenters. The Morgan fingerprint density at radius 3 is 2.42 bits per heavy atom. The lowest BCUT2D eigenvalue weighted by Crippen LogP contribution is -2.24. The van der Waals surface area contributed by atoms with E-state index in [4.69, 9.17) is 23.8 Å². The van der Waals surface area contributed by atoms with Gasteiger partial charge in [-0.05, 0) is 48.6 Å². The van der Waals surface area contributed by atoms with E-state index in [9.17, 15) is 9.18 Å². The molecular weight excluding hydrogens is 373 g/mol. The number of benzene rings is 2. The van der Waals surface area contributed by atoms with Gasteiger partial charge in [0.1, 0.15) is 5.82 Å². The molecule has 0 atom stereocenters. The fraction of sp³-hybridized carbons (Fsp3) is 0. The second-order valence-electron chi connectivity index (χ2n) is 5.59. The van der Waals surface area contributed by atoms with Crippen LogP contribution in [0.1, 0.15) is 0 Å². The van der Waals surface area contributed by atoms with Gasteiger partial charge in [-0.25, -0.2) is 4.39 Å². The Hall–Kier alpha value is -2.83. The molecule has 128 valence electrons. The van der Waals surface area contributed by atoms with Crippen molar-refractivity contribution in [2.45, 2.75) is 0 Å². The van der Waals surface area contributed by atoms with Crippen LogP contribution in [-0.2, 0) is 0 Å². The van der Waals surface area contributed by atoms with Gasteiger partial charge in [0.25, 0.3) is 5.56 Å². The molecule has 2 aromatic heterocycles. The first-order chi connectivity index (χ1) is 12.6. The number of pyridine rings is 1. The zero-order valence-electron chi connectivity index (χ0n) is 13.3. The molecule has 0 N–H and O–H groups in total. The van der Waals surface area contributed by atoms with Crippen LogP contribution in [0.25, 0.3) is 22.3 Å². The highest BCUT2D eigenvalue weighted by Crippen LogP contribution is 2.24. The molecule has 4 aromatic rings. The van der Waals surface area contributed by atoms with Gasteiger partial charge < -0.3 is 0 Å². The van der Waals surface area contributed by atoms with Gasteiger partial charge in [0.15, 0.2) is 4.77 Å². The van der Waals surface area contributed by atoms with Crippen LogP contribution in [-0.4, -0.2) is 14.1 Å². The topological polar surface area (TPSA) is 39.8 Å². The Morgan fingerprint density at radius 2 is 1.73 bits per heavy atom. The van der Waals surface area contributed by atoms with Crippen molar-refractivity contribution in [3.05, 3.63) is 93.0 Å². The van der Waals surface area contributed by atoms with Gasteiger partial charge in [0.05, 0.1) is 27.8 Å². The van der Waals surface area contributed by atoms with Crippen molar-refractivity contribution >= 4 is 34.7 Å². The summed E-state index contributed by atoms with van der Waals surface area (Å²) in [4.78, 5) is 17.1. The third-order valence-electron chi connectivity index (χ3n) is 4.01. The molecule has 0 aliphatic heterocycles. The summed E-state index contributed by atoms with van der Waals surface area (Å²) in [5.74, 6) is -0.661. The molecule has 2 aromatic carbocycles. The average molecular weight is 384 g/mol. The second kappa shape index (κ2) is 6.48. The number of aromatic nitrogens is 3. The Labute approximate surface area is 157 Å². The largest absolute Gasteiger partial charge is 0.286 e. The summed E-state index contributed by atoms with van der Waals surface area (Å²) in [5, 5.41) is 0.100. The van der Waals surface area contributed by atoms with Gasteiger partial charge in [-0.15, -0.1) is 0 Å². The number of fused-ring (bicyclic) bond motifs is 1. The normalized spacial score (nSPS) is 11.0. The van der Waals surface area contributed by atoms with Crippen molar-refractivity contribution in [2.24, 2.45) is 0 Å². The molecule has 0 aliphatic carbocycles. The van der Waals surface area contributed by atoms with E-state index in [-0.39, 0.29) is 15.2 Å². The van der Waals surface area contributed by atoms with Crippen LogP contribution in [0.2, 0.25) is 5.02 Å². The Morgan fingerprint density at radius 1 is 1.00 bits per heavy atom. The highest BCUT2D eigenvalue weighted by atomic mass is 35.5. The van der Waals surface area contributed by atoms with E-state index in [0.717, 1.165) is 11.8 Å². The lowest BCUT2D eigenvalue weighted by molar-refractivity contribution is 0.629. The molecule has 0 radical (unpaired) electrons. The molecule has 4 nitrogen and oxygen atoms in total. The van der Waals surface area contributed by atoms with Crippen LogP contribution < -0.4 is 5.56 Å². The Kier molecular flexibility index (Phi) is 4.14. The van der Waals surface area contributed by atoms with Crippen LogP contribution in [0.5, 0.6) is 0 Å². The van der Waals surface area contributed by atoms with Crippen molar-refractivity contribution in [3.63, 3.8) is 0 Å². The van der Waals surface area contributed by atoms with Crippen LogP contribution in [0, 0.1) is 10.6 Å². The number of hydrogen-bond donors (Lipinski definition) is 0. The summed E-state index contributed by atoms with van der Waals surface area (Å²) in [7, 11) is 0. The predicted octanol–water partition coefficient (Wildman–Crippen LogP) is 4.70. The number of halogens is 2. The first-order valence-corrected chi connectivity index (χ1v) is 8.49. The molecule has 0 fully saturated rings. The highest BCUT2D eigenvalue weighted by Gasteiger charge is 2.16. The summed E-state index contributed by atoms with van der Waals surface area (Å²) < 4.78 is 17.3. The van der Waals surface area contributed by atoms with Crippen LogP contribution in [0.4, 0.5) is 4.39 Å². The fourth-order valence-corrected chi connectivity index (χ4v) is 3.39. The lowest BCUT2D eigenvalue weighted by atomic mass is 10.2. The molecule has 0 amide bonds. The summed E-state index contributed by atoms with van der Waals surface area (Å²) >= 11 is 11.6. The molecule has 7 heteroatoms. The van der Waals surface area contributed by atoms with Gasteiger partial charge in [-0.2, -0.15) is 0 Å². The smallest absolute Gasteiger partial charge is 0.266 e. The molecule has 0 saturated carbocycles. The number of hydrogen-bond acceptors (Lipinski definition) is 3. The number of nitrogens with zero attached hydrogens (tertiary/aromatic N) is 3. The van der Waals surface area contributed by atoms with Gasteiger partial charge >= 0.3 is 0 Å². The van der Waals surface area contributed by atoms with Crippen molar-refractivity contribution in [1.29, 1.82) is 0 Å². The third kappa shape index (κ3) is 2.64. The van der Waals surface area contributed by atoms with Crippen LogP contribution in [0.3, 0.4) is 0 Å². The van der Waals surface area contributed by atoms with E-state index in [2.05, 4.69) is 4.98 Å². The van der Waals surface area contributed by atoms with Gasteiger partial charge in [0, 0.05) is 11.9 Å². The quantitative estimate of drug-likeness (QED) is 0.471. The van der Waals surface area contributed by atoms with Gasteiger partial charge in [-0.3, -0.25) is 18.9 Å². The first kappa shape index (κ1) is 16.6. The minimum absolute atomic E-state index is 0.0740. The molecule has 0 saturated heterocycles. The summed E-state index contributed by atoms with van der Waals surface area (Å²) in [6.07, 6.45) is 3.13. The zero-order valence-corrected chi connectivity index (χ0v) is 14.8.